The van der Waals surface area contributed by atoms with Crippen molar-refractivity contribution in [3.05, 3.63) is 23.3 Å². The lowest BCUT2D eigenvalue weighted by molar-refractivity contribution is 0.297. The second-order valence-electron chi connectivity index (χ2n) is 6.80. The van der Waals surface area contributed by atoms with Crippen molar-refractivity contribution in [1.29, 1.82) is 0 Å². The molecule has 2 nitrogen and oxygen atoms in total. The van der Waals surface area contributed by atoms with Crippen LogP contribution >= 0.6 is 0 Å². The van der Waals surface area contributed by atoms with Gasteiger partial charge in [0.25, 0.3) is 0 Å². The lowest BCUT2D eigenvalue weighted by atomic mass is 9.79. The smallest absolute Gasteiger partial charge is 0.131 e. The molecular formula is C19H32N2. The number of rotatable bonds is 7. The molecule has 21 heavy (non-hydrogen) atoms. The first-order valence-electron chi connectivity index (χ1n) is 9.07. The molecular weight excluding hydrogens is 256 g/mol. The zero-order chi connectivity index (χ0) is 15.1. The number of aromatic nitrogens is 2. The summed E-state index contributed by atoms with van der Waals surface area (Å²) in [5, 5.41) is 0. The minimum absolute atomic E-state index is 0.613. The van der Waals surface area contributed by atoms with Gasteiger partial charge in [-0.15, -0.1) is 0 Å². The summed E-state index contributed by atoms with van der Waals surface area (Å²) < 4.78 is 0. The number of aryl methyl sites for hydroxylation is 2. The van der Waals surface area contributed by atoms with Gasteiger partial charge in [0.1, 0.15) is 5.82 Å². The van der Waals surface area contributed by atoms with Crippen LogP contribution < -0.4 is 0 Å². The maximum Gasteiger partial charge on any atom is 0.131 e. The average molecular weight is 288 g/mol. The average Bonchev–Trinajstić information content (AvgIpc) is 2.50. The molecule has 0 aliphatic heterocycles. The van der Waals surface area contributed by atoms with Crippen LogP contribution in [0.15, 0.2) is 6.20 Å². The zero-order valence-electron chi connectivity index (χ0n) is 14.2. The quantitative estimate of drug-likeness (QED) is 0.611. The molecule has 0 amide bonds. The topological polar surface area (TPSA) is 25.8 Å². The SMILES string of the molecule is CCCCC[C@H]1CC[C@H](c2ncc(CCC)c(C)n2)CC1. The van der Waals surface area contributed by atoms with Gasteiger partial charge in [-0.3, -0.25) is 0 Å². The molecule has 1 saturated carbocycles. The monoisotopic (exact) mass is 288 g/mol. The van der Waals surface area contributed by atoms with Crippen LogP contribution in [0.25, 0.3) is 0 Å². The first-order valence-corrected chi connectivity index (χ1v) is 9.07. The maximum atomic E-state index is 4.80. The van der Waals surface area contributed by atoms with E-state index in [0.29, 0.717) is 5.92 Å². The van der Waals surface area contributed by atoms with Gasteiger partial charge in [-0.25, -0.2) is 9.97 Å². The summed E-state index contributed by atoms with van der Waals surface area (Å²) in [6.07, 6.45) is 15.3. The fourth-order valence-electron chi connectivity index (χ4n) is 3.61. The molecule has 0 spiro atoms. The van der Waals surface area contributed by atoms with Crippen LogP contribution in [0.4, 0.5) is 0 Å². The summed E-state index contributed by atoms with van der Waals surface area (Å²) in [6, 6.07) is 0. The van der Waals surface area contributed by atoms with Crippen LogP contribution in [-0.4, -0.2) is 9.97 Å². The van der Waals surface area contributed by atoms with Gasteiger partial charge in [-0.1, -0.05) is 46.0 Å². The van der Waals surface area contributed by atoms with E-state index in [0.717, 1.165) is 18.2 Å². The first kappa shape index (κ1) is 16.5. The number of nitrogens with zero attached hydrogens (tertiary/aromatic N) is 2. The summed E-state index contributed by atoms with van der Waals surface area (Å²) >= 11 is 0. The van der Waals surface area contributed by atoms with Crippen LogP contribution in [0.2, 0.25) is 0 Å². The molecule has 118 valence electrons. The molecule has 0 atom stereocenters. The van der Waals surface area contributed by atoms with Gasteiger partial charge in [-0.2, -0.15) is 0 Å². The number of hydrogen-bond acceptors (Lipinski definition) is 2. The molecule has 0 saturated heterocycles. The second kappa shape index (κ2) is 8.51. The summed E-state index contributed by atoms with van der Waals surface area (Å²) in [6.45, 7) is 6.65. The van der Waals surface area contributed by atoms with Crippen LogP contribution in [0.1, 0.15) is 94.6 Å². The Morgan fingerprint density at radius 3 is 2.43 bits per heavy atom. The van der Waals surface area contributed by atoms with Gasteiger partial charge < -0.3 is 0 Å². The Morgan fingerprint density at radius 1 is 1.05 bits per heavy atom. The van der Waals surface area contributed by atoms with Gasteiger partial charge in [0.15, 0.2) is 0 Å². The van der Waals surface area contributed by atoms with E-state index < -0.39 is 0 Å². The van der Waals surface area contributed by atoms with E-state index in [-0.39, 0.29) is 0 Å². The van der Waals surface area contributed by atoms with Crippen LogP contribution in [0.5, 0.6) is 0 Å². The third kappa shape index (κ3) is 4.79. The fraction of sp³-hybridized carbons (Fsp3) is 0.789. The molecule has 1 aromatic heterocycles. The standard InChI is InChI=1S/C19H32N2/c1-4-6-7-9-16-10-12-17(13-11-16)19-20-14-18(8-5-2)15(3)21-19/h14,16-17H,4-13H2,1-3H3/t16-,17-. The molecule has 1 fully saturated rings. The van der Waals surface area contributed by atoms with Crippen molar-refractivity contribution in [2.75, 3.05) is 0 Å². The Hall–Kier alpha value is -0.920. The normalized spacial score (nSPS) is 22.4. The van der Waals surface area contributed by atoms with Crippen molar-refractivity contribution in [3.63, 3.8) is 0 Å². The van der Waals surface area contributed by atoms with Crippen molar-refractivity contribution in [1.82, 2.24) is 9.97 Å². The predicted molar refractivity (Wildman–Crippen MR) is 89.6 cm³/mol. The van der Waals surface area contributed by atoms with Gasteiger partial charge in [0.2, 0.25) is 0 Å². The van der Waals surface area contributed by atoms with Crippen molar-refractivity contribution in [3.8, 4) is 0 Å². The van der Waals surface area contributed by atoms with Crippen molar-refractivity contribution < 1.29 is 0 Å². The molecule has 0 bridgehead atoms. The molecule has 0 radical (unpaired) electrons. The fourth-order valence-corrected chi connectivity index (χ4v) is 3.61. The molecule has 1 heterocycles. The van der Waals surface area contributed by atoms with E-state index in [1.54, 1.807) is 0 Å². The molecule has 0 N–H and O–H groups in total. The largest absolute Gasteiger partial charge is 0.241 e. The molecule has 2 rings (SSSR count). The molecule has 1 aromatic rings. The Labute approximate surface area is 130 Å². The Bertz CT molecular complexity index is 420. The lowest BCUT2D eigenvalue weighted by Gasteiger charge is -2.27. The molecule has 1 aliphatic carbocycles. The Balaban J connectivity index is 1.85. The highest BCUT2D eigenvalue weighted by Crippen LogP contribution is 2.36. The van der Waals surface area contributed by atoms with Gasteiger partial charge in [0.05, 0.1) is 0 Å². The molecule has 0 aromatic carbocycles. The third-order valence-electron chi connectivity index (χ3n) is 5.05. The minimum Gasteiger partial charge on any atom is -0.241 e. The molecule has 0 unspecified atom stereocenters. The van der Waals surface area contributed by atoms with Crippen LogP contribution in [0, 0.1) is 12.8 Å². The Kier molecular flexibility index (Phi) is 6.66. The van der Waals surface area contributed by atoms with E-state index in [9.17, 15) is 0 Å². The van der Waals surface area contributed by atoms with Crippen LogP contribution in [0.3, 0.4) is 0 Å². The minimum atomic E-state index is 0.613. The van der Waals surface area contributed by atoms with Crippen molar-refractivity contribution in [2.45, 2.75) is 90.9 Å². The van der Waals surface area contributed by atoms with Crippen molar-refractivity contribution in [2.24, 2.45) is 5.92 Å². The summed E-state index contributed by atoms with van der Waals surface area (Å²) in [5.41, 5.74) is 2.53. The van der Waals surface area contributed by atoms with Gasteiger partial charge >= 0.3 is 0 Å². The van der Waals surface area contributed by atoms with Crippen molar-refractivity contribution >= 4 is 0 Å². The lowest BCUT2D eigenvalue weighted by Crippen LogP contribution is -2.16. The van der Waals surface area contributed by atoms with E-state index in [1.165, 1.54) is 69.0 Å². The Morgan fingerprint density at radius 2 is 1.81 bits per heavy atom. The maximum absolute atomic E-state index is 4.80. The second-order valence-corrected chi connectivity index (χ2v) is 6.80. The summed E-state index contributed by atoms with van der Waals surface area (Å²) in [7, 11) is 0. The van der Waals surface area contributed by atoms with E-state index >= 15 is 0 Å². The summed E-state index contributed by atoms with van der Waals surface area (Å²) in [4.78, 5) is 9.48. The number of hydrogen-bond donors (Lipinski definition) is 0. The highest BCUT2D eigenvalue weighted by atomic mass is 14.9. The highest BCUT2D eigenvalue weighted by Gasteiger charge is 2.24. The highest BCUT2D eigenvalue weighted by molar-refractivity contribution is 5.17. The molecule has 2 heteroatoms. The van der Waals surface area contributed by atoms with E-state index in [2.05, 4.69) is 32.0 Å². The molecule has 1 aliphatic rings. The number of unbranched alkanes of at least 4 members (excludes halogenated alkanes) is 2. The summed E-state index contributed by atoms with van der Waals surface area (Å²) in [5.74, 6) is 2.69. The zero-order valence-corrected chi connectivity index (χ0v) is 14.2. The van der Waals surface area contributed by atoms with Crippen LogP contribution in [-0.2, 0) is 6.42 Å². The van der Waals surface area contributed by atoms with Gasteiger partial charge in [-0.05, 0) is 50.5 Å². The van der Waals surface area contributed by atoms with Gasteiger partial charge in [0, 0.05) is 17.8 Å². The predicted octanol–water partition coefficient (Wildman–Crippen LogP) is 5.59. The van der Waals surface area contributed by atoms with E-state index in [4.69, 9.17) is 4.98 Å². The first-order chi connectivity index (χ1) is 10.2. The van der Waals surface area contributed by atoms with E-state index in [1.807, 2.05) is 0 Å². The third-order valence-corrected chi connectivity index (χ3v) is 5.05.